The van der Waals surface area contributed by atoms with Gasteiger partial charge in [-0.15, -0.1) is 5.92 Å². The van der Waals surface area contributed by atoms with Gasteiger partial charge in [-0.05, 0) is 32.6 Å². The molecule has 0 amide bonds. The molecule has 0 spiro atoms. The number of ketones is 1. The van der Waals surface area contributed by atoms with Crippen molar-refractivity contribution in [3.8, 4) is 11.8 Å². The number of carbonyl (C=O) groups is 1. The zero-order valence-corrected chi connectivity index (χ0v) is 9.23. The lowest BCUT2D eigenvalue weighted by atomic mass is 9.79. The van der Waals surface area contributed by atoms with Crippen LogP contribution >= 0.6 is 0 Å². The molecule has 4 heteroatoms. The van der Waals surface area contributed by atoms with Crippen LogP contribution in [0.3, 0.4) is 0 Å². The van der Waals surface area contributed by atoms with E-state index in [9.17, 15) is 18.0 Å². The first-order chi connectivity index (χ1) is 7.45. The molecule has 0 saturated heterocycles. The van der Waals surface area contributed by atoms with E-state index in [2.05, 4.69) is 11.8 Å². The zero-order valence-electron chi connectivity index (χ0n) is 9.23. The van der Waals surface area contributed by atoms with Gasteiger partial charge in [0.2, 0.25) is 0 Å². The second kappa shape index (κ2) is 5.38. The third kappa shape index (κ3) is 3.55. The summed E-state index contributed by atoms with van der Waals surface area (Å²) in [6.45, 7) is 1.65. The topological polar surface area (TPSA) is 17.1 Å². The molecule has 0 unspecified atom stereocenters. The highest BCUT2D eigenvalue weighted by molar-refractivity contribution is 5.83. The molecule has 1 aliphatic carbocycles. The predicted octanol–water partition coefficient (Wildman–Crippen LogP) is 3.34. The number of alkyl halides is 3. The Hall–Kier alpha value is -0.980. The summed E-state index contributed by atoms with van der Waals surface area (Å²) in [6, 6.07) is 0. The van der Waals surface area contributed by atoms with Gasteiger partial charge in [-0.2, -0.15) is 13.2 Å². The Kier molecular flexibility index (Phi) is 4.40. The first-order valence-electron chi connectivity index (χ1n) is 5.44. The summed E-state index contributed by atoms with van der Waals surface area (Å²) in [7, 11) is 0. The van der Waals surface area contributed by atoms with Gasteiger partial charge < -0.3 is 0 Å². The summed E-state index contributed by atoms with van der Waals surface area (Å²) < 4.78 is 37.1. The summed E-state index contributed by atoms with van der Waals surface area (Å²) >= 11 is 0. The lowest BCUT2D eigenvalue weighted by molar-refractivity contribution is -0.184. The van der Waals surface area contributed by atoms with Crippen LogP contribution in [0.2, 0.25) is 0 Å². The van der Waals surface area contributed by atoms with Crippen molar-refractivity contribution >= 4 is 5.78 Å². The molecule has 0 aromatic carbocycles. The van der Waals surface area contributed by atoms with E-state index in [4.69, 9.17) is 0 Å². The van der Waals surface area contributed by atoms with Gasteiger partial charge in [-0.1, -0.05) is 5.92 Å². The van der Waals surface area contributed by atoms with E-state index in [0.717, 1.165) is 0 Å². The van der Waals surface area contributed by atoms with Crippen LogP contribution in [-0.2, 0) is 4.79 Å². The molecule has 1 saturated carbocycles. The molecular formula is C12H15F3O. The fraction of sp³-hybridized carbons (Fsp3) is 0.750. The highest BCUT2D eigenvalue weighted by Crippen LogP contribution is 2.39. The second-order valence-electron chi connectivity index (χ2n) is 4.16. The molecule has 0 N–H and O–H groups in total. The highest BCUT2D eigenvalue weighted by atomic mass is 19.4. The quantitative estimate of drug-likeness (QED) is 0.667. The second-order valence-corrected chi connectivity index (χ2v) is 4.16. The highest BCUT2D eigenvalue weighted by Gasteiger charge is 2.42. The third-order valence-electron chi connectivity index (χ3n) is 3.08. The average Bonchev–Trinajstić information content (AvgIpc) is 2.25. The number of hydrogen-bond donors (Lipinski definition) is 0. The Bertz CT molecular complexity index is 300. The lowest BCUT2D eigenvalue weighted by Gasteiger charge is -2.28. The normalized spacial score (nSPS) is 25.8. The van der Waals surface area contributed by atoms with Crippen LogP contribution in [-0.4, -0.2) is 12.0 Å². The third-order valence-corrected chi connectivity index (χ3v) is 3.08. The Labute approximate surface area is 93.4 Å². The average molecular weight is 232 g/mol. The minimum absolute atomic E-state index is 0.00465. The van der Waals surface area contributed by atoms with E-state index in [1.54, 1.807) is 6.92 Å². The van der Waals surface area contributed by atoms with Crippen molar-refractivity contribution in [2.45, 2.75) is 45.2 Å². The maximum Gasteiger partial charge on any atom is 0.391 e. The molecule has 0 atom stereocenters. The number of hydrogen-bond acceptors (Lipinski definition) is 1. The van der Waals surface area contributed by atoms with Crippen molar-refractivity contribution in [3.05, 3.63) is 0 Å². The molecule has 0 aromatic rings. The summed E-state index contributed by atoms with van der Waals surface area (Å²) in [5.41, 5.74) is 0. The SMILES string of the molecule is CC#CCC(=O)C1CCC(C(F)(F)F)CC1. The molecule has 16 heavy (non-hydrogen) atoms. The summed E-state index contributed by atoms with van der Waals surface area (Å²) in [4.78, 5) is 11.5. The molecule has 1 aliphatic rings. The molecule has 0 radical (unpaired) electrons. The van der Waals surface area contributed by atoms with Crippen LogP contribution in [0.5, 0.6) is 0 Å². The first kappa shape index (κ1) is 13.1. The molecule has 0 aliphatic heterocycles. The van der Waals surface area contributed by atoms with E-state index >= 15 is 0 Å². The molecular weight excluding hydrogens is 217 g/mol. The minimum atomic E-state index is -4.10. The monoisotopic (exact) mass is 232 g/mol. The molecule has 90 valence electrons. The summed E-state index contributed by atoms with van der Waals surface area (Å²) in [5, 5.41) is 0. The van der Waals surface area contributed by atoms with E-state index in [0.29, 0.717) is 12.8 Å². The maximum atomic E-state index is 12.4. The van der Waals surface area contributed by atoms with Crippen LogP contribution in [0.25, 0.3) is 0 Å². The Morgan fingerprint density at radius 2 is 1.81 bits per heavy atom. The van der Waals surface area contributed by atoms with Crippen molar-refractivity contribution in [3.63, 3.8) is 0 Å². The van der Waals surface area contributed by atoms with Gasteiger partial charge in [0, 0.05) is 5.92 Å². The fourth-order valence-corrected chi connectivity index (χ4v) is 2.06. The lowest BCUT2D eigenvalue weighted by Crippen LogP contribution is -2.30. The minimum Gasteiger partial charge on any atom is -0.298 e. The first-order valence-corrected chi connectivity index (χ1v) is 5.44. The van der Waals surface area contributed by atoms with Crippen molar-refractivity contribution in [1.82, 2.24) is 0 Å². The number of halogens is 3. The summed E-state index contributed by atoms with van der Waals surface area (Å²) in [5.74, 6) is 3.86. The maximum absolute atomic E-state index is 12.4. The van der Waals surface area contributed by atoms with E-state index < -0.39 is 12.1 Å². The smallest absolute Gasteiger partial charge is 0.298 e. The van der Waals surface area contributed by atoms with Gasteiger partial charge in [0.25, 0.3) is 0 Å². The molecule has 0 heterocycles. The van der Waals surface area contributed by atoms with Gasteiger partial charge in [0.1, 0.15) is 5.78 Å². The van der Waals surface area contributed by atoms with Crippen LogP contribution in [0.1, 0.15) is 39.0 Å². The van der Waals surface area contributed by atoms with Gasteiger partial charge in [-0.3, -0.25) is 4.79 Å². The molecule has 1 rings (SSSR count). The van der Waals surface area contributed by atoms with E-state index in [1.165, 1.54) is 0 Å². The van der Waals surface area contributed by atoms with Gasteiger partial charge in [0.15, 0.2) is 0 Å². The fourth-order valence-electron chi connectivity index (χ4n) is 2.06. The van der Waals surface area contributed by atoms with Crippen LogP contribution < -0.4 is 0 Å². The van der Waals surface area contributed by atoms with Crippen molar-refractivity contribution in [1.29, 1.82) is 0 Å². The van der Waals surface area contributed by atoms with E-state index in [1.807, 2.05) is 0 Å². The zero-order chi connectivity index (χ0) is 12.2. The number of Topliss-reactive ketones (excluding diaryl/α,β-unsaturated/α-hetero) is 1. The van der Waals surface area contributed by atoms with Gasteiger partial charge >= 0.3 is 6.18 Å². The van der Waals surface area contributed by atoms with E-state index in [-0.39, 0.29) is 31.0 Å². The van der Waals surface area contributed by atoms with Crippen molar-refractivity contribution in [2.75, 3.05) is 0 Å². The van der Waals surface area contributed by atoms with Gasteiger partial charge in [-0.25, -0.2) is 0 Å². The molecule has 0 aromatic heterocycles. The predicted molar refractivity (Wildman–Crippen MR) is 54.6 cm³/mol. The van der Waals surface area contributed by atoms with Crippen LogP contribution in [0.15, 0.2) is 0 Å². The standard InChI is InChI=1S/C12H15F3O/c1-2-3-4-11(16)9-5-7-10(8-6-9)12(13,14)15/h9-10H,4-8H2,1H3. The largest absolute Gasteiger partial charge is 0.391 e. The Morgan fingerprint density at radius 3 is 2.25 bits per heavy atom. The summed E-state index contributed by atoms with van der Waals surface area (Å²) in [6.07, 6.45) is -3.04. The Morgan fingerprint density at radius 1 is 1.25 bits per heavy atom. The van der Waals surface area contributed by atoms with Crippen LogP contribution in [0, 0.1) is 23.7 Å². The molecule has 0 bridgehead atoms. The molecule has 1 fully saturated rings. The number of rotatable bonds is 2. The van der Waals surface area contributed by atoms with Gasteiger partial charge in [0.05, 0.1) is 12.3 Å². The van der Waals surface area contributed by atoms with Crippen LogP contribution in [0.4, 0.5) is 13.2 Å². The van der Waals surface area contributed by atoms with Crippen molar-refractivity contribution < 1.29 is 18.0 Å². The molecule has 1 nitrogen and oxygen atoms in total. The Balaban J connectivity index is 2.42. The number of carbonyl (C=O) groups excluding carboxylic acids is 1. The van der Waals surface area contributed by atoms with Crippen molar-refractivity contribution in [2.24, 2.45) is 11.8 Å².